The van der Waals surface area contributed by atoms with Crippen LogP contribution in [0.4, 0.5) is 0 Å². The van der Waals surface area contributed by atoms with Gasteiger partial charge >= 0.3 is 5.97 Å². The van der Waals surface area contributed by atoms with Crippen molar-refractivity contribution in [1.82, 2.24) is 9.55 Å². The molecule has 116 valence electrons. The number of ether oxygens (including phenoxy) is 1. The topological polar surface area (TPSA) is 44.1 Å². The van der Waals surface area contributed by atoms with Gasteiger partial charge in [-0.1, -0.05) is 30.3 Å². The van der Waals surface area contributed by atoms with Gasteiger partial charge in [0.25, 0.3) is 0 Å². The molecule has 0 fully saturated rings. The Hall–Kier alpha value is -2.88. The average Bonchev–Trinajstić information content (AvgIpc) is 2.86. The summed E-state index contributed by atoms with van der Waals surface area (Å²) in [7, 11) is 1.38. The molecule has 0 aliphatic rings. The van der Waals surface area contributed by atoms with E-state index in [9.17, 15) is 4.79 Å². The van der Waals surface area contributed by atoms with Crippen LogP contribution in [0.3, 0.4) is 0 Å². The molecule has 3 rings (SSSR count). The molecule has 0 saturated heterocycles. The molecule has 23 heavy (non-hydrogen) atoms. The quantitative estimate of drug-likeness (QED) is 0.546. The third-order valence-electron chi connectivity index (χ3n) is 3.93. The third-order valence-corrected chi connectivity index (χ3v) is 3.93. The zero-order chi connectivity index (χ0) is 16.2. The molecular formula is C19H18N2O2. The maximum Gasteiger partial charge on any atom is 0.330 e. The van der Waals surface area contributed by atoms with Gasteiger partial charge in [0, 0.05) is 36.1 Å². The molecule has 1 aromatic carbocycles. The highest BCUT2D eigenvalue weighted by molar-refractivity contribution is 5.91. The molecule has 0 aliphatic heterocycles. The van der Waals surface area contributed by atoms with E-state index in [0.29, 0.717) is 0 Å². The number of benzene rings is 1. The SMILES string of the molecule is COC(=O)/C=C\c1c(C)c2cnccc2n1Cc1ccccc1. The van der Waals surface area contributed by atoms with Crippen LogP contribution in [0.1, 0.15) is 16.8 Å². The molecule has 0 N–H and O–H groups in total. The number of carbonyl (C=O) groups excluding carboxylic acids is 1. The zero-order valence-electron chi connectivity index (χ0n) is 13.2. The molecule has 0 unspecified atom stereocenters. The molecule has 0 amide bonds. The number of aromatic nitrogens is 2. The first-order valence-electron chi connectivity index (χ1n) is 7.43. The van der Waals surface area contributed by atoms with Crippen molar-refractivity contribution in [1.29, 1.82) is 0 Å². The number of nitrogens with zero attached hydrogens (tertiary/aromatic N) is 2. The van der Waals surface area contributed by atoms with Crippen LogP contribution >= 0.6 is 0 Å². The molecule has 4 nitrogen and oxygen atoms in total. The number of carbonyl (C=O) groups is 1. The van der Waals surface area contributed by atoms with Crippen LogP contribution in [-0.2, 0) is 16.1 Å². The first-order chi connectivity index (χ1) is 11.2. The molecule has 2 aromatic heterocycles. The number of pyridine rings is 1. The number of esters is 1. The van der Waals surface area contributed by atoms with Crippen molar-refractivity contribution in [2.75, 3.05) is 7.11 Å². The molecule has 3 aromatic rings. The Labute approximate surface area is 135 Å². The maximum atomic E-state index is 11.5. The molecule has 0 aliphatic carbocycles. The predicted octanol–water partition coefficient (Wildman–Crippen LogP) is 3.58. The predicted molar refractivity (Wildman–Crippen MR) is 91.1 cm³/mol. The summed E-state index contributed by atoms with van der Waals surface area (Å²) in [5.41, 5.74) is 4.39. The van der Waals surface area contributed by atoms with E-state index in [2.05, 4.69) is 21.7 Å². The van der Waals surface area contributed by atoms with Crippen LogP contribution in [0.5, 0.6) is 0 Å². The van der Waals surface area contributed by atoms with Gasteiger partial charge in [-0.25, -0.2) is 4.79 Å². The first-order valence-corrected chi connectivity index (χ1v) is 7.43. The second-order valence-corrected chi connectivity index (χ2v) is 5.33. The summed E-state index contributed by atoms with van der Waals surface area (Å²) < 4.78 is 6.89. The van der Waals surface area contributed by atoms with Crippen molar-refractivity contribution in [3.05, 3.63) is 71.7 Å². The monoisotopic (exact) mass is 306 g/mol. The second-order valence-electron chi connectivity index (χ2n) is 5.33. The van der Waals surface area contributed by atoms with E-state index in [0.717, 1.165) is 28.7 Å². The van der Waals surface area contributed by atoms with Crippen molar-refractivity contribution < 1.29 is 9.53 Å². The lowest BCUT2D eigenvalue weighted by Crippen LogP contribution is -2.03. The number of hydrogen-bond donors (Lipinski definition) is 0. The van der Waals surface area contributed by atoms with Gasteiger partial charge in [0.15, 0.2) is 0 Å². The van der Waals surface area contributed by atoms with Gasteiger partial charge in [0.1, 0.15) is 0 Å². The van der Waals surface area contributed by atoms with Crippen LogP contribution in [0.25, 0.3) is 17.0 Å². The largest absolute Gasteiger partial charge is 0.466 e. The lowest BCUT2D eigenvalue weighted by atomic mass is 10.2. The fourth-order valence-corrected chi connectivity index (χ4v) is 2.75. The number of aryl methyl sites for hydroxylation is 1. The Kier molecular flexibility index (Phi) is 4.24. The fourth-order valence-electron chi connectivity index (χ4n) is 2.75. The van der Waals surface area contributed by atoms with Gasteiger partial charge in [-0.15, -0.1) is 0 Å². The Bertz CT molecular complexity index is 864. The summed E-state index contributed by atoms with van der Waals surface area (Å²) >= 11 is 0. The lowest BCUT2D eigenvalue weighted by Gasteiger charge is -2.09. The minimum atomic E-state index is -0.362. The molecule has 2 heterocycles. The van der Waals surface area contributed by atoms with Gasteiger partial charge in [-0.3, -0.25) is 4.98 Å². The van der Waals surface area contributed by atoms with Gasteiger partial charge < -0.3 is 9.30 Å². The van der Waals surface area contributed by atoms with E-state index in [1.54, 1.807) is 6.20 Å². The van der Waals surface area contributed by atoms with Crippen LogP contribution in [0.15, 0.2) is 54.9 Å². The van der Waals surface area contributed by atoms with Crippen LogP contribution < -0.4 is 0 Å². The Morgan fingerprint density at radius 3 is 2.78 bits per heavy atom. The van der Waals surface area contributed by atoms with Crippen molar-refractivity contribution in [2.45, 2.75) is 13.5 Å². The highest BCUT2D eigenvalue weighted by Gasteiger charge is 2.12. The molecule has 4 heteroatoms. The van der Waals surface area contributed by atoms with E-state index in [1.165, 1.54) is 18.7 Å². The summed E-state index contributed by atoms with van der Waals surface area (Å²) in [6.07, 6.45) is 6.92. The number of hydrogen-bond acceptors (Lipinski definition) is 3. The van der Waals surface area contributed by atoms with E-state index >= 15 is 0 Å². The van der Waals surface area contributed by atoms with Gasteiger partial charge in [0.05, 0.1) is 12.6 Å². The summed E-state index contributed by atoms with van der Waals surface area (Å²) in [5.74, 6) is -0.362. The van der Waals surface area contributed by atoms with Crippen molar-refractivity contribution >= 4 is 22.9 Å². The smallest absolute Gasteiger partial charge is 0.330 e. The molecule has 0 saturated carbocycles. The molecule has 0 atom stereocenters. The Balaban J connectivity index is 2.13. The van der Waals surface area contributed by atoms with Crippen LogP contribution in [0.2, 0.25) is 0 Å². The molecule has 0 bridgehead atoms. The summed E-state index contributed by atoms with van der Waals surface area (Å²) in [6, 6.07) is 12.2. The average molecular weight is 306 g/mol. The van der Waals surface area contributed by atoms with Crippen molar-refractivity contribution in [3.8, 4) is 0 Å². The van der Waals surface area contributed by atoms with Gasteiger partial charge in [-0.05, 0) is 30.2 Å². The zero-order valence-corrected chi connectivity index (χ0v) is 13.2. The van der Waals surface area contributed by atoms with Crippen molar-refractivity contribution in [3.63, 3.8) is 0 Å². The lowest BCUT2D eigenvalue weighted by molar-refractivity contribution is -0.134. The molecular weight excluding hydrogens is 288 g/mol. The molecule has 0 spiro atoms. The van der Waals surface area contributed by atoms with E-state index in [1.807, 2.05) is 43.5 Å². The van der Waals surface area contributed by atoms with E-state index in [4.69, 9.17) is 4.74 Å². The normalized spacial score (nSPS) is 11.2. The van der Waals surface area contributed by atoms with Gasteiger partial charge in [-0.2, -0.15) is 0 Å². The standard InChI is InChI=1S/C19H18N2O2/c1-14-16-12-20-11-10-18(16)21(13-15-6-4-3-5-7-15)17(14)8-9-19(22)23-2/h3-12H,13H2,1-2H3/b9-8-. The Morgan fingerprint density at radius 2 is 2.04 bits per heavy atom. The summed E-state index contributed by atoms with van der Waals surface area (Å²) in [5, 5.41) is 1.09. The molecule has 0 radical (unpaired) electrons. The van der Waals surface area contributed by atoms with Gasteiger partial charge in [0.2, 0.25) is 0 Å². The van der Waals surface area contributed by atoms with E-state index < -0.39 is 0 Å². The minimum Gasteiger partial charge on any atom is -0.466 e. The number of rotatable bonds is 4. The van der Waals surface area contributed by atoms with Crippen molar-refractivity contribution in [2.24, 2.45) is 0 Å². The second kappa shape index (κ2) is 6.48. The van der Waals surface area contributed by atoms with Crippen LogP contribution in [-0.4, -0.2) is 22.6 Å². The van der Waals surface area contributed by atoms with Crippen LogP contribution in [0, 0.1) is 6.92 Å². The summed E-state index contributed by atoms with van der Waals surface area (Å²) in [4.78, 5) is 15.7. The minimum absolute atomic E-state index is 0.362. The highest BCUT2D eigenvalue weighted by Crippen LogP contribution is 2.27. The first kappa shape index (κ1) is 15.0. The Morgan fingerprint density at radius 1 is 1.26 bits per heavy atom. The third kappa shape index (κ3) is 3.01. The fraction of sp³-hybridized carbons (Fsp3) is 0.158. The highest BCUT2D eigenvalue weighted by atomic mass is 16.5. The maximum absolute atomic E-state index is 11.5. The number of fused-ring (bicyclic) bond motifs is 1. The summed E-state index contributed by atoms with van der Waals surface area (Å²) in [6.45, 7) is 2.78. The number of methoxy groups -OCH3 is 1. The van der Waals surface area contributed by atoms with E-state index in [-0.39, 0.29) is 5.97 Å².